The van der Waals surface area contributed by atoms with Gasteiger partial charge in [0.1, 0.15) is 31.4 Å². The fourth-order valence-electron chi connectivity index (χ4n) is 3.41. The lowest BCUT2D eigenvalue weighted by molar-refractivity contribution is -0.133. The summed E-state index contributed by atoms with van der Waals surface area (Å²) in [6.07, 6.45) is 0. The molecule has 4 amide bonds. The molecule has 1 saturated heterocycles. The van der Waals surface area contributed by atoms with E-state index in [1.54, 1.807) is 49.4 Å². The van der Waals surface area contributed by atoms with E-state index in [-0.39, 0.29) is 5.56 Å². The first-order chi connectivity index (χ1) is 14.4. The van der Waals surface area contributed by atoms with Crippen molar-refractivity contribution in [2.24, 2.45) is 0 Å². The van der Waals surface area contributed by atoms with Crippen LogP contribution in [0.25, 0.3) is 0 Å². The predicted octanol–water partition coefficient (Wildman–Crippen LogP) is 1.74. The molecule has 2 aliphatic heterocycles. The van der Waals surface area contributed by atoms with Gasteiger partial charge in [0.25, 0.3) is 5.91 Å². The Morgan fingerprint density at radius 1 is 1.20 bits per heavy atom. The van der Waals surface area contributed by atoms with Crippen LogP contribution in [0.4, 0.5) is 10.5 Å². The first-order valence-corrected chi connectivity index (χ1v) is 9.25. The molecule has 0 aromatic heterocycles. The van der Waals surface area contributed by atoms with Gasteiger partial charge in [0, 0.05) is 0 Å². The van der Waals surface area contributed by atoms with Gasteiger partial charge in [-0.15, -0.1) is 0 Å². The third-order valence-corrected chi connectivity index (χ3v) is 5.02. The molecule has 2 aliphatic rings. The number of nitrogens with one attached hydrogen (secondary N) is 2. The Bertz CT molecular complexity index is 1090. The molecule has 2 N–H and O–H groups in total. The zero-order valence-electron chi connectivity index (χ0n) is 16.1. The van der Waals surface area contributed by atoms with Crippen LogP contribution in [-0.2, 0) is 15.1 Å². The Morgan fingerprint density at radius 2 is 1.93 bits per heavy atom. The monoisotopic (exact) mass is 406 g/mol. The maximum Gasteiger partial charge on any atom is 0.325 e. The van der Waals surface area contributed by atoms with Crippen LogP contribution in [0.2, 0.25) is 0 Å². The molecule has 0 aliphatic carbocycles. The fourth-order valence-corrected chi connectivity index (χ4v) is 3.41. The van der Waals surface area contributed by atoms with Gasteiger partial charge in [-0.2, -0.15) is 5.26 Å². The second kappa shape index (κ2) is 7.40. The minimum Gasteiger partial charge on any atom is -0.486 e. The topological polar surface area (TPSA) is 121 Å². The van der Waals surface area contributed by atoms with Gasteiger partial charge in [-0.1, -0.05) is 18.2 Å². The summed E-state index contributed by atoms with van der Waals surface area (Å²) in [5, 5.41) is 14.3. The number of carbonyl (C=O) groups is 3. The first kappa shape index (κ1) is 19.3. The third kappa shape index (κ3) is 3.28. The van der Waals surface area contributed by atoms with Gasteiger partial charge in [-0.3, -0.25) is 14.5 Å². The van der Waals surface area contributed by atoms with Crippen LogP contribution in [0.5, 0.6) is 11.5 Å². The first-order valence-electron chi connectivity index (χ1n) is 9.25. The van der Waals surface area contributed by atoms with Crippen LogP contribution < -0.4 is 20.1 Å². The van der Waals surface area contributed by atoms with E-state index in [2.05, 4.69) is 10.6 Å². The molecule has 2 heterocycles. The quantitative estimate of drug-likeness (QED) is 0.746. The Balaban J connectivity index is 1.52. The summed E-state index contributed by atoms with van der Waals surface area (Å²) in [4.78, 5) is 38.8. The highest BCUT2D eigenvalue weighted by atomic mass is 16.6. The van der Waals surface area contributed by atoms with E-state index in [9.17, 15) is 14.4 Å². The highest BCUT2D eigenvalue weighted by Gasteiger charge is 2.49. The molecular weight excluding hydrogens is 388 g/mol. The summed E-state index contributed by atoms with van der Waals surface area (Å²) in [6.45, 7) is 1.92. The minimum absolute atomic E-state index is 0.282. The number of fused-ring (bicyclic) bond motifs is 1. The van der Waals surface area contributed by atoms with Crippen molar-refractivity contribution in [3.8, 4) is 17.6 Å². The Hall–Kier alpha value is -4.06. The van der Waals surface area contributed by atoms with E-state index >= 15 is 0 Å². The lowest BCUT2D eigenvalue weighted by Gasteiger charge is -2.25. The number of hydrogen-bond acceptors (Lipinski definition) is 6. The van der Waals surface area contributed by atoms with E-state index < -0.39 is 29.9 Å². The molecule has 1 atom stereocenters. The van der Waals surface area contributed by atoms with Crippen molar-refractivity contribution in [1.82, 2.24) is 10.2 Å². The number of carbonyl (C=O) groups excluding carboxylic acids is 3. The Labute approximate surface area is 172 Å². The number of para-hydroxylation sites is 1. The van der Waals surface area contributed by atoms with Crippen LogP contribution >= 0.6 is 0 Å². The van der Waals surface area contributed by atoms with E-state index in [0.29, 0.717) is 36.0 Å². The highest BCUT2D eigenvalue weighted by Crippen LogP contribution is 2.36. The SMILES string of the molecule is C[C@@]1(c2ccc3c(c2)OCCO3)NC(=O)N(CC(=O)Nc2ccccc2C#N)C1=O. The van der Waals surface area contributed by atoms with Crippen molar-refractivity contribution in [1.29, 1.82) is 5.26 Å². The van der Waals surface area contributed by atoms with Gasteiger partial charge in [-0.05, 0) is 36.8 Å². The average molecular weight is 406 g/mol. The van der Waals surface area contributed by atoms with Gasteiger partial charge in [0.15, 0.2) is 11.5 Å². The number of rotatable bonds is 4. The summed E-state index contributed by atoms with van der Waals surface area (Å²) in [7, 11) is 0. The number of nitrogens with zero attached hydrogens (tertiary/aromatic N) is 2. The van der Waals surface area contributed by atoms with E-state index in [0.717, 1.165) is 4.90 Å². The molecule has 9 heteroatoms. The molecule has 0 radical (unpaired) electrons. The third-order valence-electron chi connectivity index (χ3n) is 5.02. The second-order valence-corrected chi connectivity index (χ2v) is 7.01. The molecule has 2 aromatic carbocycles. The summed E-state index contributed by atoms with van der Waals surface area (Å²) < 4.78 is 11.0. The molecule has 0 spiro atoms. The molecule has 1 fully saturated rings. The zero-order valence-corrected chi connectivity index (χ0v) is 16.1. The zero-order chi connectivity index (χ0) is 21.3. The maximum absolute atomic E-state index is 13.1. The van der Waals surface area contributed by atoms with Crippen LogP contribution in [0.1, 0.15) is 18.1 Å². The highest BCUT2D eigenvalue weighted by molar-refractivity contribution is 6.10. The van der Waals surface area contributed by atoms with Crippen molar-refractivity contribution in [3.63, 3.8) is 0 Å². The van der Waals surface area contributed by atoms with Gasteiger partial charge in [-0.25, -0.2) is 4.79 Å². The summed E-state index contributed by atoms with van der Waals surface area (Å²) in [5.74, 6) is -0.0930. The molecule has 2 aromatic rings. The molecule has 152 valence electrons. The lowest BCUT2D eigenvalue weighted by Crippen LogP contribution is -2.42. The Kier molecular flexibility index (Phi) is 4.75. The van der Waals surface area contributed by atoms with Gasteiger partial charge in [0.05, 0.1) is 11.3 Å². The number of anilines is 1. The van der Waals surface area contributed by atoms with E-state index in [4.69, 9.17) is 14.7 Å². The van der Waals surface area contributed by atoms with Crippen molar-refractivity contribution >= 4 is 23.5 Å². The van der Waals surface area contributed by atoms with Crippen molar-refractivity contribution in [3.05, 3.63) is 53.6 Å². The minimum atomic E-state index is -1.35. The number of nitriles is 1. The van der Waals surface area contributed by atoms with Crippen LogP contribution in [0.15, 0.2) is 42.5 Å². The molecule has 0 unspecified atom stereocenters. The summed E-state index contributed by atoms with van der Waals surface area (Å²) in [5.41, 5.74) is -0.240. The van der Waals surface area contributed by atoms with Crippen LogP contribution in [-0.4, -0.2) is 42.5 Å². The summed E-state index contributed by atoms with van der Waals surface area (Å²) in [6, 6.07) is 12.8. The van der Waals surface area contributed by atoms with Crippen molar-refractivity contribution < 1.29 is 23.9 Å². The number of ether oxygens (including phenoxy) is 2. The molecule has 4 rings (SSSR count). The number of hydrogen-bond donors (Lipinski definition) is 2. The van der Waals surface area contributed by atoms with Gasteiger partial charge >= 0.3 is 6.03 Å². The largest absolute Gasteiger partial charge is 0.486 e. The van der Waals surface area contributed by atoms with Crippen LogP contribution in [0, 0.1) is 11.3 Å². The molecule has 0 bridgehead atoms. The number of amides is 4. The molecule has 30 heavy (non-hydrogen) atoms. The van der Waals surface area contributed by atoms with Gasteiger partial charge < -0.3 is 20.1 Å². The average Bonchev–Trinajstić information content (AvgIpc) is 2.97. The number of imide groups is 1. The van der Waals surface area contributed by atoms with E-state index in [1.165, 1.54) is 0 Å². The molecular formula is C21H18N4O5. The normalized spacial score (nSPS) is 19.8. The second-order valence-electron chi connectivity index (χ2n) is 7.01. The van der Waals surface area contributed by atoms with Crippen molar-refractivity contribution in [2.45, 2.75) is 12.5 Å². The van der Waals surface area contributed by atoms with Crippen molar-refractivity contribution in [2.75, 3.05) is 25.1 Å². The fraction of sp³-hybridized carbons (Fsp3) is 0.238. The molecule has 9 nitrogen and oxygen atoms in total. The van der Waals surface area contributed by atoms with E-state index in [1.807, 2.05) is 6.07 Å². The predicted molar refractivity (Wildman–Crippen MR) is 105 cm³/mol. The summed E-state index contributed by atoms with van der Waals surface area (Å²) >= 11 is 0. The van der Waals surface area contributed by atoms with Gasteiger partial charge in [0.2, 0.25) is 5.91 Å². The lowest BCUT2D eigenvalue weighted by atomic mass is 9.91. The number of benzene rings is 2. The molecule has 0 saturated carbocycles. The maximum atomic E-state index is 13.1. The smallest absolute Gasteiger partial charge is 0.325 e. The standard InChI is InChI=1S/C21H18N4O5/c1-21(14-6-7-16-17(10-14)30-9-8-29-16)19(27)25(20(28)24-21)12-18(26)23-15-5-3-2-4-13(15)11-22/h2-7,10H,8-9,12H2,1H3,(H,23,26)(H,24,28)/t21-/m0/s1. The number of urea groups is 1. The van der Waals surface area contributed by atoms with Crippen LogP contribution in [0.3, 0.4) is 0 Å². The Morgan fingerprint density at radius 3 is 2.70 bits per heavy atom.